The van der Waals surface area contributed by atoms with E-state index in [4.69, 9.17) is 4.42 Å². The fraction of sp³-hybridized carbons (Fsp3) is 0.263. The van der Waals surface area contributed by atoms with Crippen molar-refractivity contribution in [3.63, 3.8) is 0 Å². The van der Waals surface area contributed by atoms with Crippen molar-refractivity contribution in [2.45, 2.75) is 6.92 Å². The van der Waals surface area contributed by atoms with E-state index in [1.807, 2.05) is 38.1 Å². The maximum absolute atomic E-state index is 12.4. The quantitative estimate of drug-likeness (QED) is 0.756. The molecule has 0 aliphatic rings. The summed E-state index contributed by atoms with van der Waals surface area (Å²) >= 11 is 0. The summed E-state index contributed by atoms with van der Waals surface area (Å²) < 4.78 is 5.24. The van der Waals surface area contributed by atoms with Crippen molar-refractivity contribution < 1.29 is 14.0 Å². The molecular weight excluding hydrogens is 318 g/mol. The first kappa shape index (κ1) is 18.5. The molecule has 0 atom stereocenters. The second-order valence-electron chi connectivity index (χ2n) is 5.95. The lowest BCUT2D eigenvalue weighted by Crippen LogP contribution is -2.37. The predicted molar refractivity (Wildman–Crippen MR) is 96.9 cm³/mol. The van der Waals surface area contributed by atoms with E-state index >= 15 is 0 Å². The fourth-order valence-corrected chi connectivity index (χ4v) is 2.06. The lowest BCUT2D eigenvalue weighted by atomic mass is 10.1. The summed E-state index contributed by atoms with van der Waals surface area (Å²) in [4.78, 5) is 26.8. The van der Waals surface area contributed by atoms with Gasteiger partial charge in [0.1, 0.15) is 11.5 Å². The second-order valence-corrected chi connectivity index (χ2v) is 5.95. The van der Waals surface area contributed by atoms with E-state index < -0.39 is 0 Å². The molecule has 0 aliphatic carbocycles. The van der Waals surface area contributed by atoms with Crippen LogP contribution in [0.15, 0.2) is 52.8 Å². The minimum Gasteiger partial charge on any atom is -0.465 e. The summed E-state index contributed by atoms with van der Waals surface area (Å²) in [6, 6.07) is 10.6. The van der Waals surface area contributed by atoms with Crippen LogP contribution in [-0.2, 0) is 4.79 Å². The average Bonchev–Trinajstić information content (AvgIpc) is 3.07. The van der Waals surface area contributed by atoms with Gasteiger partial charge in [-0.05, 0) is 45.3 Å². The van der Waals surface area contributed by atoms with Gasteiger partial charge in [0.15, 0.2) is 0 Å². The molecule has 132 valence electrons. The Balaban J connectivity index is 2.12. The average molecular weight is 341 g/mol. The van der Waals surface area contributed by atoms with Crippen LogP contribution in [0.1, 0.15) is 21.7 Å². The molecule has 6 heteroatoms. The summed E-state index contributed by atoms with van der Waals surface area (Å²) in [6.45, 7) is 3.12. The normalized spacial score (nSPS) is 11.4. The number of amides is 2. The van der Waals surface area contributed by atoms with Crippen molar-refractivity contribution in [3.8, 4) is 0 Å². The highest BCUT2D eigenvalue weighted by molar-refractivity contribution is 6.05. The zero-order valence-corrected chi connectivity index (χ0v) is 14.7. The highest BCUT2D eigenvalue weighted by Crippen LogP contribution is 2.08. The lowest BCUT2D eigenvalue weighted by Gasteiger charge is -2.13. The van der Waals surface area contributed by atoms with Crippen LogP contribution in [-0.4, -0.2) is 43.9 Å². The second kappa shape index (κ2) is 8.84. The first-order valence-corrected chi connectivity index (χ1v) is 8.02. The van der Waals surface area contributed by atoms with Crippen LogP contribution < -0.4 is 10.6 Å². The molecule has 1 aromatic heterocycles. The molecule has 6 nitrogen and oxygen atoms in total. The summed E-state index contributed by atoms with van der Waals surface area (Å²) in [6.07, 6.45) is 3.02. The highest BCUT2D eigenvalue weighted by atomic mass is 16.3. The molecule has 0 fully saturated rings. The Kier molecular flexibility index (Phi) is 6.54. The number of carbonyl (C=O) groups excluding carboxylic acids is 2. The van der Waals surface area contributed by atoms with E-state index in [-0.39, 0.29) is 17.5 Å². The molecule has 0 saturated heterocycles. The number of nitrogens with zero attached hydrogens (tertiary/aromatic N) is 1. The molecule has 0 bridgehead atoms. The van der Waals surface area contributed by atoms with Gasteiger partial charge in [0.25, 0.3) is 11.8 Å². The highest BCUT2D eigenvalue weighted by Gasteiger charge is 2.15. The number of likely N-dealkylation sites (N-methyl/N-ethyl adjacent to an activating group) is 1. The van der Waals surface area contributed by atoms with Gasteiger partial charge >= 0.3 is 0 Å². The zero-order valence-electron chi connectivity index (χ0n) is 14.7. The van der Waals surface area contributed by atoms with Crippen molar-refractivity contribution in [2.75, 3.05) is 27.2 Å². The minimum atomic E-state index is -0.362. The number of rotatable bonds is 7. The number of hydrogen-bond acceptors (Lipinski definition) is 4. The van der Waals surface area contributed by atoms with Gasteiger partial charge in [-0.1, -0.05) is 17.7 Å². The first-order chi connectivity index (χ1) is 12.0. The largest absolute Gasteiger partial charge is 0.465 e. The molecule has 25 heavy (non-hydrogen) atoms. The summed E-state index contributed by atoms with van der Waals surface area (Å²) in [5.41, 5.74) is 1.68. The summed E-state index contributed by atoms with van der Waals surface area (Å²) in [7, 11) is 3.84. The smallest absolute Gasteiger partial charge is 0.267 e. The number of aryl methyl sites for hydroxylation is 1. The van der Waals surface area contributed by atoms with Crippen molar-refractivity contribution >= 4 is 17.9 Å². The molecule has 2 aromatic rings. The van der Waals surface area contributed by atoms with Gasteiger partial charge in [0.2, 0.25) is 0 Å². The third-order valence-electron chi connectivity index (χ3n) is 3.48. The Morgan fingerprint density at radius 3 is 2.48 bits per heavy atom. The van der Waals surface area contributed by atoms with Crippen LogP contribution in [0.5, 0.6) is 0 Å². The van der Waals surface area contributed by atoms with E-state index in [2.05, 4.69) is 10.6 Å². The number of carbonyl (C=O) groups is 2. The van der Waals surface area contributed by atoms with Crippen LogP contribution in [0.2, 0.25) is 0 Å². The summed E-state index contributed by atoms with van der Waals surface area (Å²) in [5.74, 6) is -0.221. The van der Waals surface area contributed by atoms with Crippen molar-refractivity contribution in [1.29, 1.82) is 0 Å². The van der Waals surface area contributed by atoms with Crippen LogP contribution in [0.4, 0.5) is 0 Å². The van der Waals surface area contributed by atoms with Gasteiger partial charge in [-0.2, -0.15) is 0 Å². The molecule has 0 radical (unpaired) electrons. The van der Waals surface area contributed by atoms with Gasteiger partial charge in [-0.15, -0.1) is 0 Å². The minimum absolute atomic E-state index is 0.138. The maximum atomic E-state index is 12.4. The molecule has 2 rings (SSSR count). The molecule has 1 heterocycles. The topological polar surface area (TPSA) is 74.6 Å². The number of benzene rings is 1. The van der Waals surface area contributed by atoms with Crippen molar-refractivity contribution in [3.05, 3.63) is 65.2 Å². The fourth-order valence-electron chi connectivity index (χ4n) is 2.06. The van der Waals surface area contributed by atoms with Gasteiger partial charge < -0.3 is 20.0 Å². The van der Waals surface area contributed by atoms with Crippen LogP contribution in [0.3, 0.4) is 0 Å². The Morgan fingerprint density at radius 1 is 1.16 bits per heavy atom. The lowest BCUT2D eigenvalue weighted by molar-refractivity contribution is -0.117. The van der Waals surface area contributed by atoms with Crippen LogP contribution in [0.25, 0.3) is 6.08 Å². The third kappa shape index (κ3) is 5.93. The van der Waals surface area contributed by atoms with E-state index in [1.165, 1.54) is 12.3 Å². The van der Waals surface area contributed by atoms with Gasteiger partial charge in [0, 0.05) is 24.7 Å². The SMILES string of the molecule is Cc1ccc(C(=O)N/C(=C/c2ccco2)C(=O)NCCN(C)C)cc1. The van der Waals surface area contributed by atoms with Gasteiger partial charge in [-0.25, -0.2) is 0 Å². The Hall–Kier alpha value is -2.86. The summed E-state index contributed by atoms with van der Waals surface area (Å²) in [5, 5.41) is 5.45. The zero-order chi connectivity index (χ0) is 18.2. The molecule has 0 spiro atoms. The van der Waals surface area contributed by atoms with E-state index in [0.29, 0.717) is 24.4 Å². The maximum Gasteiger partial charge on any atom is 0.267 e. The monoisotopic (exact) mass is 341 g/mol. The first-order valence-electron chi connectivity index (χ1n) is 8.02. The van der Waals surface area contributed by atoms with E-state index in [1.54, 1.807) is 24.3 Å². The van der Waals surface area contributed by atoms with E-state index in [9.17, 15) is 9.59 Å². The number of furan rings is 1. The van der Waals surface area contributed by atoms with Crippen LogP contribution >= 0.6 is 0 Å². The predicted octanol–water partition coefficient (Wildman–Crippen LogP) is 2.04. The van der Waals surface area contributed by atoms with E-state index in [0.717, 1.165) is 5.56 Å². The molecule has 1 aromatic carbocycles. The molecule has 0 unspecified atom stereocenters. The molecule has 0 aliphatic heterocycles. The van der Waals surface area contributed by atoms with Crippen molar-refractivity contribution in [1.82, 2.24) is 15.5 Å². The molecule has 0 saturated carbocycles. The van der Waals surface area contributed by atoms with Crippen molar-refractivity contribution in [2.24, 2.45) is 0 Å². The number of nitrogens with one attached hydrogen (secondary N) is 2. The Bertz CT molecular complexity index is 732. The van der Waals surface area contributed by atoms with Crippen LogP contribution in [0, 0.1) is 6.92 Å². The Labute approximate surface area is 147 Å². The Morgan fingerprint density at radius 2 is 1.88 bits per heavy atom. The van der Waals surface area contributed by atoms with Gasteiger partial charge in [0.05, 0.1) is 6.26 Å². The molecule has 2 amide bonds. The molecular formula is C19H23N3O3. The number of hydrogen-bond donors (Lipinski definition) is 2. The van der Waals surface area contributed by atoms with Gasteiger partial charge in [-0.3, -0.25) is 9.59 Å². The molecule has 2 N–H and O–H groups in total. The standard InChI is InChI=1S/C19H23N3O3/c1-14-6-8-15(9-7-14)18(23)21-17(13-16-5-4-12-25-16)19(24)20-10-11-22(2)3/h4-9,12-13H,10-11H2,1-3H3,(H,20,24)(H,21,23)/b17-13+. The third-order valence-corrected chi connectivity index (χ3v) is 3.48.